The second-order valence-electron chi connectivity index (χ2n) is 4.59. The monoisotopic (exact) mass is 218 g/mol. The maximum Gasteiger partial charge on any atom is 0.424 e. The summed E-state index contributed by atoms with van der Waals surface area (Å²) in [6.07, 6.45) is -2.32. The number of nitrogens with zero attached hydrogens (tertiary/aromatic N) is 1. The van der Waals surface area contributed by atoms with Gasteiger partial charge in [-0.1, -0.05) is 0 Å². The first-order valence-corrected chi connectivity index (χ1v) is 4.90. The molecular formula is C9H18N2O4. The first kappa shape index (κ1) is 12.2. The van der Waals surface area contributed by atoms with Crippen molar-refractivity contribution in [2.45, 2.75) is 38.6 Å². The summed E-state index contributed by atoms with van der Waals surface area (Å²) in [5.41, 5.74) is 2.10. The summed E-state index contributed by atoms with van der Waals surface area (Å²) in [4.78, 5) is 11.5. The molecule has 0 aromatic carbocycles. The van der Waals surface area contributed by atoms with Crippen molar-refractivity contribution in [2.75, 3.05) is 13.1 Å². The second-order valence-corrected chi connectivity index (χ2v) is 4.59. The Morgan fingerprint density at radius 2 is 2.00 bits per heavy atom. The minimum Gasteiger partial charge on any atom is -0.443 e. The summed E-state index contributed by atoms with van der Waals surface area (Å²) in [5.74, 6) is 0. The predicted molar refractivity (Wildman–Crippen MR) is 53.0 cm³/mol. The van der Waals surface area contributed by atoms with Crippen molar-refractivity contribution < 1.29 is 19.7 Å². The van der Waals surface area contributed by atoms with Crippen LogP contribution >= 0.6 is 0 Å². The van der Waals surface area contributed by atoms with E-state index in [0.717, 1.165) is 0 Å². The molecule has 1 heterocycles. The van der Waals surface area contributed by atoms with Crippen molar-refractivity contribution in [3.63, 3.8) is 0 Å². The molecule has 0 spiro atoms. The zero-order chi connectivity index (χ0) is 11.6. The number of ether oxygens (including phenoxy) is 1. The average Bonchev–Trinajstić information content (AvgIpc) is 2.06. The van der Waals surface area contributed by atoms with Crippen molar-refractivity contribution in [3.05, 3.63) is 0 Å². The highest BCUT2D eigenvalue weighted by Crippen LogP contribution is 2.11. The Hall–Kier alpha value is -0.850. The second kappa shape index (κ2) is 4.34. The third-order valence-corrected chi connectivity index (χ3v) is 1.92. The normalized spacial score (nSPS) is 27.7. The van der Waals surface area contributed by atoms with Crippen LogP contribution in [0.4, 0.5) is 4.79 Å². The number of carbonyl (C=O) groups is 1. The summed E-state index contributed by atoms with van der Waals surface area (Å²) >= 11 is 0. The van der Waals surface area contributed by atoms with Crippen LogP contribution in [0.1, 0.15) is 20.8 Å². The summed E-state index contributed by atoms with van der Waals surface area (Å²) in [6, 6.07) is 0. The average molecular weight is 218 g/mol. The Morgan fingerprint density at radius 1 is 1.40 bits per heavy atom. The maximum atomic E-state index is 11.5. The van der Waals surface area contributed by atoms with E-state index in [-0.39, 0.29) is 13.1 Å². The predicted octanol–water partition coefficient (Wildman–Crippen LogP) is -0.536. The molecule has 0 aromatic heterocycles. The maximum absolute atomic E-state index is 11.5. The first-order chi connectivity index (χ1) is 6.79. The fraction of sp³-hybridized carbons (Fsp3) is 0.889. The molecule has 1 amide bonds. The highest BCUT2D eigenvalue weighted by atomic mass is 16.6. The number of hydrazine groups is 1. The zero-order valence-corrected chi connectivity index (χ0v) is 9.23. The molecule has 0 bridgehead atoms. The van der Waals surface area contributed by atoms with Crippen LogP contribution in [0, 0.1) is 0 Å². The van der Waals surface area contributed by atoms with Gasteiger partial charge < -0.3 is 14.9 Å². The molecule has 1 saturated heterocycles. The Labute approximate surface area is 88.8 Å². The Bertz CT molecular complexity index is 239. The number of aliphatic hydroxyl groups excluding tert-OH is 2. The lowest BCUT2D eigenvalue weighted by Gasteiger charge is -2.34. The third-order valence-electron chi connectivity index (χ3n) is 1.92. The van der Waals surface area contributed by atoms with Gasteiger partial charge >= 0.3 is 6.09 Å². The molecule has 1 rings (SSSR count). The van der Waals surface area contributed by atoms with Crippen LogP contribution in [0.3, 0.4) is 0 Å². The number of amides is 1. The van der Waals surface area contributed by atoms with E-state index in [1.165, 1.54) is 5.01 Å². The van der Waals surface area contributed by atoms with Gasteiger partial charge in [0.25, 0.3) is 0 Å². The van der Waals surface area contributed by atoms with E-state index >= 15 is 0 Å². The molecule has 3 N–H and O–H groups in total. The van der Waals surface area contributed by atoms with Gasteiger partial charge in [0.2, 0.25) is 0 Å². The van der Waals surface area contributed by atoms with E-state index in [2.05, 4.69) is 5.43 Å². The molecule has 88 valence electrons. The van der Waals surface area contributed by atoms with E-state index < -0.39 is 23.9 Å². The number of aliphatic hydroxyl groups is 2. The van der Waals surface area contributed by atoms with Gasteiger partial charge in [-0.05, 0) is 20.8 Å². The van der Waals surface area contributed by atoms with E-state index in [1.807, 2.05) is 0 Å². The Morgan fingerprint density at radius 3 is 2.47 bits per heavy atom. The molecule has 1 fully saturated rings. The molecule has 0 saturated carbocycles. The van der Waals surface area contributed by atoms with Gasteiger partial charge in [0.15, 0.2) is 0 Å². The fourth-order valence-corrected chi connectivity index (χ4v) is 1.17. The number of carbonyl (C=O) groups excluding carboxylic acids is 1. The van der Waals surface area contributed by atoms with Crippen molar-refractivity contribution in [1.29, 1.82) is 0 Å². The standard InChI is InChI=1S/C9H18N2O4/c1-9(2,3)15-8(14)11-5-7(13)6(12)4-10-11/h6-7,10,12-13H,4-5H2,1-3H3. The molecule has 0 radical (unpaired) electrons. The van der Waals surface area contributed by atoms with Gasteiger partial charge in [0.05, 0.1) is 12.6 Å². The van der Waals surface area contributed by atoms with Crippen molar-refractivity contribution >= 4 is 6.09 Å². The molecule has 6 nitrogen and oxygen atoms in total. The number of nitrogens with one attached hydrogen (secondary N) is 1. The van der Waals surface area contributed by atoms with Crippen molar-refractivity contribution in [2.24, 2.45) is 0 Å². The Kier molecular flexibility index (Phi) is 3.54. The lowest BCUT2D eigenvalue weighted by molar-refractivity contribution is -0.0617. The fourth-order valence-electron chi connectivity index (χ4n) is 1.17. The summed E-state index contributed by atoms with van der Waals surface area (Å²) in [5, 5.41) is 19.7. The van der Waals surface area contributed by atoms with Crippen LogP contribution in [0.25, 0.3) is 0 Å². The molecular weight excluding hydrogens is 200 g/mol. The SMILES string of the molecule is CC(C)(C)OC(=O)N1CC(O)C(O)CN1. The van der Waals surface area contributed by atoms with Gasteiger partial charge in [-0.25, -0.2) is 15.2 Å². The number of β-amino-alcohol motifs (C(OH)–C–C–N with tert-alkyl or cyclic N) is 2. The molecule has 15 heavy (non-hydrogen) atoms. The molecule has 1 aliphatic rings. The molecule has 2 unspecified atom stereocenters. The minimum atomic E-state index is -0.932. The van der Waals surface area contributed by atoms with Crippen LogP contribution in [-0.4, -0.2) is 52.2 Å². The first-order valence-electron chi connectivity index (χ1n) is 4.90. The minimum absolute atomic E-state index is 0.0239. The quantitative estimate of drug-likeness (QED) is 0.509. The summed E-state index contributed by atoms with van der Waals surface area (Å²) in [7, 11) is 0. The summed E-state index contributed by atoms with van der Waals surface area (Å²) < 4.78 is 5.09. The molecule has 0 aromatic rings. The van der Waals surface area contributed by atoms with E-state index in [4.69, 9.17) is 4.74 Å². The highest BCUT2D eigenvalue weighted by molar-refractivity contribution is 5.67. The molecule has 0 aliphatic carbocycles. The van der Waals surface area contributed by atoms with E-state index in [9.17, 15) is 15.0 Å². The number of hydrogen-bond donors (Lipinski definition) is 3. The number of hydrogen-bond acceptors (Lipinski definition) is 5. The van der Waals surface area contributed by atoms with Gasteiger partial charge in [-0.3, -0.25) is 0 Å². The number of rotatable bonds is 0. The van der Waals surface area contributed by atoms with E-state index in [1.54, 1.807) is 20.8 Å². The lowest BCUT2D eigenvalue weighted by atomic mass is 10.2. The highest BCUT2D eigenvalue weighted by Gasteiger charge is 2.31. The van der Waals surface area contributed by atoms with Gasteiger partial charge in [0.1, 0.15) is 11.7 Å². The van der Waals surface area contributed by atoms with Crippen molar-refractivity contribution in [1.82, 2.24) is 10.4 Å². The summed E-state index contributed by atoms with van der Waals surface area (Å²) in [6.45, 7) is 5.46. The van der Waals surface area contributed by atoms with Crippen LogP contribution in [0.15, 0.2) is 0 Å². The van der Waals surface area contributed by atoms with Gasteiger partial charge in [0, 0.05) is 6.54 Å². The Balaban J connectivity index is 2.48. The smallest absolute Gasteiger partial charge is 0.424 e. The molecule has 2 atom stereocenters. The van der Waals surface area contributed by atoms with Gasteiger partial charge in [-0.2, -0.15) is 0 Å². The van der Waals surface area contributed by atoms with Crippen LogP contribution in [-0.2, 0) is 4.74 Å². The zero-order valence-electron chi connectivity index (χ0n) is 9.23. The van der Waals surface area contributed by atoms with E-state index in [0.29, 0.717) is 0 Å². The van der Waals surface area contributed by atoms with Crippen LogP contribution in [0.2, 0.25) is 0 Å². The largest absolute Gasteiger partial charge is 0.443 e. The topological polar surface area (TPSA) is 82.0 Å². The molecule has 1 aliphatic heterocycles. The van der Waals surface area contributed by atoms with Crippen LogP contribution in [0.5, 0.6) is 0 Å². The molecule has 6 heteroatoms. The van der Waals surface area contributed by atoms with Crippen LogP contribution < -0.4 is 5.43 Å². The van der Waals surface area contributed by atoms with Gasteiger partial charge in [-0.15, -0.1) is 0 Å². The van der Waals surface area contributed by atoms with Crippen molar-refractivity contribution in [3.8, 4) is 0 Å². The third kappa shape index (κ3) is 3.65. The lowest BCUT2D eigenvalue weighted by Crippen LogP contribution is -2.59.